The van der Waals surface area contributed by atoms with Gasteiger partial charge in [-0.1, -0.05) is 11.6 Å². The van der Waals surface area contributed by atoms with Crippen molar-refractivity contribution in [3.05, 3.63) is 33.3 Å². The van der Waals surface area contributed by atoms with E-state index in [1.807, 2.05) is 0 Å². The topological polar surface area (TPSA) is 143 Å². The predicted molar refractivity (Wildman–Crippen MR) is 72.5 cm³/mol. The maximum absolute atomic E-state index is 10.8. The molecule has 0 radical (unpaired) electrons. The molecule has 10 heteroatoms. The molecule has 1 aliphatic heterocycles. The van der Waals surface area contributed by atoms with Gasteiger partial charge in [0.15, 0.2) is 0 Å². The van der Waals surface area contributed by atoms with E-state index in [2.05, 4.69) is 0 Å². The van der Waals surface area contributed by atoms with Crippen LogP contribution in [0.2, 0.25) is 5.02 Å². The molecule has 0 spiro atoms. The molecular formula is C12H14ClNO8. The van der Waals surface area contributed by atoms with Crippen LogP contribution in [0.15, 0.2) is 18.2 Å². The summed E-state index contributed by atoms with van der Waals surface area (Å²) >= 11 is 5.67. The van der Waals surface area contributed by atoms with E-state index in [4.69, 9.17) is 26.2 Å². The van der Waals surface area contributed by atoms with Crippen LogP contribution in [-0.2, 0) is 4.74 Å². The number of nitro benzene ring substituents is 1. The first-order chi connectivity index (χ1) is 10.3. The minimum atomic E-state index is -1.60. The van der Waals surface area contributed by atoms with Crippen molar-refractivity contribution in [2.75, 3.05) is 6.61 Å². The van der Waals surface area contributed by atoms with Crippen molar-refractivity contribution < 1.29 is 34.8 Å². The second kappa shape index (κ2) is 6.73. The molecule has 22 heavy (non-hydrogen) atoms. The van der Waals surface area contributed by atoms with Gasteiger partial charge in [-0.25, -0.2) is 0 Å². The number of rotatable bonds is 4. The van der Waals surface area contributed by atoms with Gasteiger partial charge in [-0.05, 0) is 12.1 Å². The van der Waals surface area contributed by atoms with Crippen molar-refractivity contribution >= 4 is 17.3 Å². The molecule has 1 aromatic carbocycles. The zero-order valence-electron chi connectivity index (χ0n) is 11.1. The number of ether oxygens (including phenoxy) is 2. The molecule has 0 saturated carbocycles. The summed E-state index contributed by atoms with van der Waals surface area (Å²) in [5.41, 5.74) is -0.399. The van der Waals surface area contributed by atoms with Crippen molar-refractivity contribution in [1.82, 2.24) is 0 Å². The maximum Gasteiger partial charge on any atom is 0.291 e. The monoisotopic (exact) mass is 335 g/mol. The molecule has 0 unspecified atom stereocenters. The van der Waals surface area contributed by atoms with Crippen molar-refractivity contribution in [3.63, 3.8) is 0 Å². The highest BCUT2D eigenvalue weighted by atomic mass is 35.5. The molecule has 2 rings (SSSR count). The average Bonchev–Trinajstić information content (AvgIpc) is 2.49. The SMILES string of the molecule is O=[N+]([O-])c1cc(O[C@@H]2O[C@H](CO)[C@H](O)[C@H](O)[C@H]2O)ccc1Cl. The Morgan fingerprint density at radius 2 is 1.95 bits per heavy atom. The van der Waals surface area contributed by atoms with Crippen LogP contribution in [0.3, 0.4) is 0 Å². The quantitative estimate of drug-likeness (QED) is 0.423. The van der Waals surface area contributed by atoms with Crippen LogP contribution >= 0.6 is 11.6 Å². The fourth-order valence-electron chi connectivity index (χ4n) is 2.00. The van der Waals surface area contributed by atoms with Gasteiger partial charge in [-0.15, -0.1) is 0 Å². The first kappa shape index (κ1) is 16.9. The Morgan fingerprint density at radius 3 is 2.55 bits per heavy atom. The molecule has 1 heterocycles. The lowest BCUT2D eigenvalue weighted by Gasteiger charge is -2.39. The molecule has 0 aliphatic carbocycles. The van der Waals surface area contributed by atoms with Gasteiger partial charge < -0.3 is 29.9 Å². The maximum atomic E-state index is 10.8. The second-order valence-electron chi connectivity index (χ2n) is 4.69. The van der Waals surface area contributed by atoms with Crippen LogP contribution in [0, 0.1) is 10.1 Å². The summed E-state index contributed by atoms with van der Waals surface area (Å²) in [6, 6.07) is 3.58. The molecule has 9 nitrogen and oxygen atoms in total. The van der Waals surface area contributed by atoms with Gasteiger partial charge in [0, 0.05) is 0 Å². The Balaban J connectivity index is 2.19. The third kappa shape index (κ3) is 3.29. The molecule has 0 amide bonds. The van der Waals surface area contributed by atoms with E-state index < -0.39 is 47.9 Å². The van der Waals surface area contributed by atoms with Crippen LogP contribution < -0.4 is 4.74 Å². The van der Waals surface area contributed by atoms with Crippen molar-refractivity contribution in [1.29, 1.82) is 0 Å². The second-order valence-corrected chi connectivity index (χ2v) is 5.09. The first-order valence-electron chi connectivity index (χ1n) is 6.26. The number of aliphatic hydroxyl groups excluding tert-OH is 4. The van der Waals surface area contributed by atoms with Crippen LogP contribution in [0.4, 0.5) is 5.69 Å². The lowest BCUT2D eigenvalue weighted by atomic mass is 9.99. The highest BCUT2D eigenvalue weighted by Crippen LogP contribution is 2.31. The number of nitrogens with zero attached hydrogens (tertiary/aromatic N) is 1. The number of hydrogen-bond acceptors (Lipinski definition) is 8. The summed E-state index contributed by atoms with van der Waals surface area (Å²) < 4.78 is 10.4. The Hall–Kier alpha value is -1.49. The molecule has 1 aliphatic rings. The Morgan fingerprint density at radius 1 is 1.27 bits per heavy atom. The fourth-order valence-corrected chi connectivity index (χ4v) is 2.19. The summed E-state index contributed by atoms with van der Waals surface area (Å²) in [5, 5.41) is 48.9. The zero-order chi connectivity index (χ0) is 16.4. The largest absolute Gasteiger partial charge is 0.462 e. The fraction of sp³-hybridized carbons (Fsp3) is 0.500. The summed E-state index contributed by atoms with van der Waals surface area (Å²) in [4.78, 5) is 10.1. The lowest BCUT2D eigenvalue weighted by Crippen LogP contribution is -2.60. The lowest BCUT2D eigenvalue weighted by molar-refractivity contribution is -0.384. The summed E-state index contributed by atoms with van der Waals surface area (Å²) in [7, 11) is 0. The highest BCUT2D eigenvalue weighted by Gasteiger charge is 2.44. The molecule has 5 atom stereocenters. The molecule has 0 bridgehead atoms. The molecule has 122 valence electrons. The number of hydrogen-bond donors (Lipinski definition) is 4. The van der Waals surface area contributed by atoms with Crippen molar-refractivity contribution in [3.8, 4) is 5.75 Å². The Kier molecular flexibility index (Phi) is 5.16. The third-order valence-electron chi connectivity index (χ3n) is 3.21. The van der Waals surface area contributed by atoms with Crippen molar-refractivity contribution in [2.24, 2.45) is 0 Å². The Bertz CT molecular complexity index is 554. The number of nitro groups is 1. The first-order valence-corrected chi connectivity index (χ1v) is 6.64. The van der Waals surface area contributed by atoms with Gasteiger partial charge in [-0.3, -0.25) is 10.1 Å². The molecular weight excluding hydrogens is 322 g/mol. The summed E-state index contributed by atoms with van der Waals surface area (Å²) in [5.74, 6) is -0.0274. The average molecular weight is 336 g/mol. The van der Waals surface area contributed by atoms with E-state index in [0.717, 1.165) is 6.07 Å². The van der Waals surface area contributed by atoms with E-state index in [9.17, 15) is 25.4 Å². The summed E-state index contributed by atoms with van der Waals surface area (Å²) in [6.07, 6.45) is -7.27. The number of halogens is 1. The van der Waals surface area contributed by atoms with Crippen LogP contribution in [0.5, 0.6) is 5.75 Å². The molecule has 1 aromatic rings. The van der Waals surface area contributed by atoms with Crippen LogP contribution in [-0.4, -0.2) is 62.7 Å². The van der Waals surface area contributed by atoms with E-state index in [0.29, 0.717) is 0 Å². The van der Waals surface area contributed by atoms with Crippen LogP contribution in [0.25, 0.3) is 0 Å². The van der Waals surface area contributed by atoms with Gasteiger partial charge in [-0.2, -0.15) is 0 Å². The van der Waals surface area contributed by atoms with Gasteiger partial charge in [0.25, 0.3) is 5.69 Å². The highest BCUT2D eigenvalue weighted by molar-refractivity contribution is 6.32. The van der Waals surface area contributed by atoms with Crippen molar-refractivity contribution in [2.45, 2.75) is 30.7 Å². The van der Waals surface area contributed by atoms with Crippen LogP contribution in [0.1, 0.15) is 0 Å². The smallest absolute Gasteiger partial charge is 0.291 e. The van der Waals surface area contributed by atoms with Gasteiger partial charge >= 0.3 is 0 Å². The summed E-state index contributed by atoms with van der Waals surface area (Å²) in [6.45, 7) is -0.606. The normalized spacial score (nSPS) is 31.8. The number of aliphatic hydroxyl groups is 4. The molecule has 1 saturated heterocycles. The zero-order valence-corrected chi connectivity index (χ0v) is 11.8. The molecule has 4 N–H and O–H groups in total. The minimum absolute atomic E-state index is 0.0274. The third-order valence-corrected chi connectivity index (χ3v) is 3.53. The number of benzene rings is 1. The van der Waals surface area contributed by atoms with E-state index >= 15 is 0 Å². The standard InChI is InChI=1S/C12H14ClNO8/c13-6-2-1-5(3-7(6)14(19)20)21-12-11(18)10(17)9(16)8(4-15)22-12/h1-3,8-12,15-18H,4H2/t8-,9+,10+,11-,12-/m1/s1. The molecule has 0 aromatic heterocycles. The predicted octanol–water partition coefficient (Wildman–Crippen LogP) is -0.573. The van der Waals surface area contributed by atoms with Gasteiger partial charge in [0.1, 0.15) is 35.2 Å². The van der Waals surface area contributed by atoms with E-state index in [-0.39, 0.29) is 10.8 Å². The van der Waals surface area contributed by atoms with E-state index in [1.54, 1.807) is 0 Å². The van der Waals surface area contributed by atoms with E-state index in [1.165, 1.54) is 12.1 Å². The Labute approximate surface area is 129 Å². The van der Waals surface area contributed by atoms with Gasteiger partial charge in [0.05, 0.1) is 17.6 Å². The van der Waals surface area contributed by atoms with Gasteiger partial charge in [0.2, 0.25) is 6.29 Å². The molecule has 1 fully saturated rings. The minimum Gasteiger partial charge on any atom is -0.462 e.